The van der Waals surface area contributed by atoms with Crippen LogP contribution in [0.15, 0.2) is 48.8 Å². The minimum Gasteiger partial charge on any atom is -0.435 e. The molecule has 0 fully saturated rings. The van der Waals surface area contributed by atoms with Crippen LogP contribution in [-0.2, 0) is 6.54 Å². The number of rotatable bonds is 6. The molecule has 0 unspecified atom stereocenters. The second-order valence-electron chi connectivity index (χ2n) is 4.46. The van der Waals surface area contributed by atoms with Crippen LogP contribution in [0.2, 0.25) is 0 Å². The van der Waals surface area contributed by atoms with Gasteiger partial charge in [-0.25, -0.2) is 0 Å². The Labute approximate surface area is 124 Å². The summed E-state index contributed by atoms with van der Waals surface area (Å²) in [6.45, 7) is -2.91. The van der Waals surface area contributed by atoms with Gasteiger partial charge in [0.1, 0.15) is 11.3 Å². The van der Waals surface area contributed by atoms with Crippen molar-refractivity contribution in [3.8, 4) is 5.75 Å². The Morgan fingerprint density at radius 2 is 1.82 bits per heavy atom. The maximum atomic E-state index is 12.1. The Bertz CT molecular complexity index is 687. The van der Waals surface area contributed by atoms with Gasteiger partial charge in [-0.05, 0) is 30.3 Å². The summed E-state index contributed by atoms with van der Waals surface area (Å²) in [5.74, 6) is -0.847. The van der Waals surface area contributed by atoms with Crippen LogP contribution in [0.25, 0.3) is 0 Å². The fourth-order valence-electron chi connectivity index (χ4n) is 1.85. The highest BCUT2D eigenvalue weighted by Crippen LogP contribution is 2.15. The molecule has 1 aromatic carbocycles. The van der Waals surface area contributed by atoms with E-state index in [4.69, 9.17) is 5.73 Å². The molecule has 1 amide bonds. The van der Waals surface area contributed by atoms with Crippen LogP contribution in [0.4, 0.5) is 8.78 Å². The molecule has 0 bridgehead atoms. The summed E-state index contributed by atoms with van der Waals surface area (Å²) in [6.07, 6.45) is 3.09. The van der Waals surface area contributed by atoms with Gasteiger partial charge in [-0.15, -0.1) is 0 Å². The summed E-state index contributed by atoms with van der Waals surface area (Å²) >= 11 is 0. The van der Waals surface area contributed by atoms with E-state index in [0.717, 1.165) is 0 Å². The van der Waals surface area contributed by atoms with E-state index in [1.807, 2.05) is 0 Å². The van der Waals surface area contributed by atoms with E-state index in [2.05, 4.69) is 4.74 Å². The van der Waals surface area contributed by atoms with Gasteiger partial charge in [0.15, 0.2) is 12.4 Å². The standard InChI is InChI=1S/C15H12F2N2O3/c16-15(17)22-12-5-3-10(4-6-12)13(20)9-19-7-1-2-11(8-19)14(18)21/h1-8,15H,9H2,(H-,18,21)/p+1. The van der Waals surface area contributed by atoms with Crippen molar-refractivity contribution in [2.45, 2.75) is 13.2 Å². The molecule has 7 heteroatoms. The Morgan fingerprint density at radius 1 is 1.14 bits per heavy atom. The quantitative estimate of drug-likeness (QED) is 0.650. The third kappa shape index (κ3) is 4.08. The second-order valence-corrected chi connectivity index (χ2v) is 4.46. The molecule has 0 atom stereocenters. The first-order valence-electron chi connectivity index (χ1n) is 6.32. The number of primary amides is 1. The lowest BCUT2D eigenvalue weighted by molar-refractivity contribution is -0.683. The molecular formula is C15H13F2N2O3+. The Balaban J connectivity index is 2.08. The van der Waals surface area contributed by atoms with Gasteiger partial charge >= 0.3 is 6.61 Å². The van der Waals surface area contributed by atoms with Crippen molar-refractivity contribution in [1.29, 1.82) is 0 Å². The van der Waals surface area contributed by atoms with E-state index in [-0.39, 0.29) is 23.6 Å². The number of carbonyl (C=O) groups excluding carboxylic acids is 2. The summed E-state index contributed by atoms with van der Waals surface area (Å²) in [5.41, 5.74) is 5.80. The summed E-state index contributed by atoms with van der Waals surface area (Å²) in [7, 11) is 0. The van der Waals surface area contributed by atoms with Crippen molar-refractivity contribution in [2.75, 3.05) is 0 Å². The molecule has 2 aromatic rings. The average Bonchev–Trinajstić information content (AvgIpc) is 2.47. The number of nitrogens with two attached hydrogens (primary N) is 1. The second kappa shape index (κ2) is 6.75. The third-order valence-corrected chi connectivity index (χ3v) is 2.87. The highest BCUT2D eigenvalue weighted by atomic mass is 19.3. The molecule has 0 aliphatic carbocycles. The first kappa shape index (κ1) is 15.6. The Hall–Kier alpha value is -2.83. The molecule has 0 spiro atoms. The van der Waals surface area contributed by atoms with E-state index in [1.165, 1.54) is 35.0 Å². The summed E-state index contributed by atoms with van der Waals surface area (Å²) in [6, 6.07) is 8.54. The van der Waals surface area contributed by atoms with Gasteiger partial charge < -0.3 is 10.5 Å². The van der Waals surface area contributed by atoms with Crippen LogP contribution < -0.4 is 15.0 Å². The first-order valence-corrected chi connectivity index (χ1v) is 6.32. The van der Waals surface area contributed by atoms with Crippen LogP contribution in [0, 0.1) is 0 Å². The van der Waals surface area contributed by atoms with Gasteiger partial charge in [0.25, 0.3) is 5.91 Å². The normalized spacial score (nSPS) is 10.5. The van der Waals surface area contributed by atoms with E-state index < -0.39 is 12.5 Å². The number of ether oxygens (including phenoxy) is 1. The summed E-state index contributed by atoms with van der Waals surface area (Å²) in [4.78, 5) is 23.2. The molecule has 0 aliphatic heterocycles. The molecule has 1 heterocycles. The van der Waals surface area contributed by atoms with Crippen LogP contribution in [0.1, 0.15) is 20.7 Å². The molecule has 2 rings (SSSR count). The number of alkyl halides is 2. The Morgan fingerprint density at radius 3 is 2.41 bits per heavy atom. The first-order chi connectivity index (χ1) is 10.5. The van der Waals surface area contributed by atoms with Crippen molar-refractivity contribution < 1.29 is 27.7 Å². The summed E-state index contributed by atoms with van der Waals surface area (Å²) < 4.78 is 29.8. The van der Waals surface area contributed by atoms with Crippen LogP contribution >= 0.6 is 0 Å². The molecule has 1 aromatic heterocycles. The number of Topliss-reactive ketones (excluding diaryl/α,β-unsaturated/α-hetero) is 1. The molecule has 5 nitrogen and oxygen atoms in total. The zero-order chi connectivity index (χ0) is 16.1. The number of carbonyl (C=O) groups is 2. The lowest BCUT2D eigenvalue weighted by Gasteiger charge is -2.04. The number of ketones is 1. The average molecular weight is 307 g/mol. The number of amides is 1. The molecule has 114 valence electrons. The highest BCUT2D eigenvalue weighted by molar-refractivity contribution is 5.95. The molecule has 0 radical (unpaired) electrons. The number of benzene rings is 1. The molecular weight excluding hydrogens is 294 g/mol. The van der Waals surface area contributed by atoms with Gasteiger partial charge in [-0.3, -0.25) is 9.59 Å². The molecule has 0 saturated carbocycles. The lowest BCUT2D eigenvalue weighted by Crippen LogP contribution is -2.38. The van der Waals surface area contributed by atoms with E-state index in [0.29, 0.717) is 5.56 Å². The predicted octanol–water partition coefficient (Wildman–Crippen LogP) is 1.56. The smallest absolute Gasteiger partial charge is 0.387 e. The van der Waals surface area contributed by atoms with Gasteiger partial charge in [0, 0.05) is 11.6 Å². The van der Waals surface area contributed by atoms with E-state index in [1.54, 1.807) is 18.3 Å². The predicted molar refractivity (Wildman–Crippen MR) is 72.6 cm³/mol. The number of pyridine rings is 1. The zero-order valence-corrected chi connectivity index (χ0v) is 11.4. The van der Waals surface area contributed by atoms with Crippen molar-refractivity contribution in [2.24, 2.45) is 5.73 Å². The maximum Gasteiger partial charge on any atom is 0.387 e. The minimum absolute atomic E-state index is 0.00380. The number of nitrogens with zero attached hydrogens (tertiary/aromatic N) is 1. The van der Waals surface area contributed by atoms with Gasteiger partial charge in [-0.2, -0.15) is 13.3 Å². The van der Waals surface area contributed by atoms with Crippen molar-refractivity contribution in [3.63, 3.8) is 0 Å². The molecule has 0 saturated heterocycles. The van der Waals surface area contributed by atoms with Gasteiger partial charge in [0.2, 0.25) is 12.3 Å². The summed E-state index contributed by atoms with van der Waals surface area (Å²) in [5, 5.41) is 0. The highest BCUT2D eigenvalue weighted by Gasteiger charge is 2.14. The SMILES string of the molecule is NC(=O)c1ccc[n+](CC(=O)c2ccc(OC(F)F)cc2)c1. The fraction of sp³-hybridized carbons (Fsp3) is 0.133. The topological polar surface area (TPSA) is 73.3 Å². The third-order valence-electron chi connectivity index (χ3n) is 2.87. The van der Waals surface area contributed by atoms with Crippen LogP contribution in [0.5, 0.6) is 5.75 Å². The largest absolute Gasteiger partial charge is 0.435 e. The van der Waals surface area contributed by atoms with E-state index in [9.17, 15) is 18.4 Å². The zero-order valence-electron chi connectivity index (χ0n) is 11.4. The number of halogens is 2. The molecule has 22 heavy (non-hydrogen) atoms. The molecule has 2 N–H and O–H groups in total. The maximum absolute atomic E-state index is 12.1. The fourth-order valence-corrected chi connectivity index (χ4v) is 1.85. The number of hydrogen-bond acceptors (Lipinski definition) is 3. The number of aromatic nitrogens is 1. The van der Waals surface area contributed by atoms with Gasteiger partial charge in [0.05, 0.1) is 0 Å². The van der Waals surface area contributed by atoms with Crippen molar-refractivity contribution in [3.05, 3.63) is 59.9 Å². The monoisotopic (exact) mass is 307 g/mol. The van der Waals surface area contributed by atoms with E-state index >= 15 is 0 Å². The molecule has 0 aliphatic rings. The van der Waals surface area contributed by atoms with Crippen LogP contribution in [-0.4, -0.2) is 18.3 Å². The number of hydrogen-bond donors (Lipinski definition) is 1. The van der Waals surface area contributed by atoms with Crippen LogP contribution in [0.3, 0.4) is 0 Å². The van der Waals surface area contributed by atoms with Crippen molar-refractivity contribution >= 4 is 11.7 Å². The van der Waals surface area contributed by atoms with Crippen molar-refractivity contribution in [1.82, 2.24) is 0 Å². The Kier molecular flexibility index (Phi) is 4.77. The minimum atomic E-state index is -2.91. The lowest BCUT2D eigenvalue weighted by atomic mass is 10.1. The van der Waals surface area contributed by atoms with Gasteiger partial charge in [-0.1, -0.05) is 0 Å².